The van der Waals surface area contributed by atoms with Crippen LogP contribution in [0.25, 0.3) is 0 Å². The van der Waals surface area contributed by atoms with E-state index < -0.39 is 0 Å². The van der Waals surface area contributed by atoms with Crippen molar-refractivity contribution >= 4 is 22.6 Å². The van der Waals surface area contributed by atoms with Gasteiger partial charge in [-0.2, -0.15) is 0 Å². The van der Waals surface area contributed by atoms with Gasteiger partial charge in [-0.3, -0.25) is 0 Å². The van der Waals surface area contributed by atoms with Gasteiger partial charge in [0.05, 0.1) is 6.04 Å². The first-order valence-electron chi connectivity index (χ1n) is 5.70. The van der Waals surface area contributed by atoms with Crippen molar-refractivity contribution in [3.8, 4) is 0 Å². The van der Waals surface area contributed by atoms with E-state index in [1.165, 1.54) is 9.13 Å². The predicted octanol–water partition coefficient (Wildman–Crippen LogP) is 2.82. The van der Waals surface area contributed by atoms with E-state index in [2.05, 4.69) is 68.6 Å². The van der Waals surface area contributed by atoms with Gasteiger partial charge in [-0.25, -0.2) is 4.98 Å². The zero-order valence-corrected chi connectivity index (χ0v) is 12.2. The van der Waals surface area contributed by atoms with E-state index in [0.29, 0.717) is 0 Å². The number of aryl methyl sites for hydroxylation is 1. The van der Waals surface area contributed by atoms with Gasteiger partial charge in [0, 0.05) is 22.5 Å². The van der Waals surface area contributed by atoms with Gasteiger partial charge in [0.25, 0.3) is 0 Å². The Labute approximate surface area is 115 Å². The number of imidazole rings is 1. The normalized spacial score (nSPS) is 12.6. The van der Waals surface area contributed by atoms with Crippen LogP contribution in [-0.4, -0.2) is 16.6 Å². The molecule has 0 amide bonds. The highest BCUT2D eigenvalue weighted by molar-refractivity contribution is 14.1. The molecule has 0 saturated carbocycles. The Morgan fingerprint density at radius 2 is 2.18 bits per heavy atom. The Balaban J connectivity index is 2.44. The van der Waals surface area contributed by atoms with Crippen molar-refractivity contribution in [2.75, 3.05) is 7.05 Å². The van der Waals surface area contributed by atoms with Crippen molar-refractivity contribution in [3.63, 3.8) is 0 Å². The van der Waals surface area contributed by atoms with E-state index in [0.717, 1.165) is 12.4 Å². The summed E-state index contributed by atoms with van der Waals surface area (Å²) in [6, 6.07) is 8.56. The maximum atomic E-state index is 4.47. The summed E-state index contributed by atoms with van der Waals surface area (Å²) in [6.07, 6.45) is 3.88. The molecule has 1 atom stereocenters. The Morgan fingerprint density at radius 1 is 1.41 bits per heavy atom. The molecule has 3 nitrogen and oxygen atoms in total. The van der Waals surface area contributed by atoms with Crippen molar-refractivity contribution < 1.29 is 0 Å². The fraction of sp³-hybridized carbons (Fsp3) is 0.308. The molecule has 0 aliphatic heterocycles. The van der Waals surface area contributed by atoms with E-state index in [1.54, 1.807) is 0 Å². The van der Waals surface area contributed by atoms with Crippen molar-refractivity contribution in [1.82, 2.24) is 14.9 Å². The molecular weight excluding hydrogens is 325 g/mol. The quantitative estimate of drug-likeness (QED) is 0.867. The minimum absolute atomic E-state index is 0.151. The molecule has 0 bridgehead atoms. The number of nitrogens with one attached hydrogen (secondary N) is 1. The molecular formula is C13H16IN3. The molecule has 0 fully saturated rings. The topological polar surface area (TPSA) is 29.9 Å². The van der Waals surface area contributed by atoms with Crippen molar-refractivity contribution in [2.45, 2.75) is 19.5 Å². The maximum absolute atomic E-state index is 4.47. The second-order valence-corrected chi connectivity index (χ2v) is 4.98. The molecule has 0 spiro atoms. The van der Waals surface area contributed by atoms with Crippen LogP contribution in [0.3, 0.4) is 0 Å². The highest BCUT2D eigenvalue weighted by atomic mass is 127. The second-order valence-electron chi connectivity index (χ2n) is 3.81. The lowest BCUT2D eigenvalue weighted by Gasteiger charge is -2.18. The van der Waals surface area contributed by atoms with Crippen LogP contribution in [0, 0.1) is 3.57 Å². The summed E-state index contributed by atoms with van der Waals surface area (Å²) >= 11 is 2.37. The minimum Gasteiger partial charge on any atom is -0.334 e. The van der Waals surface area contributed by atoms with Gasteiger partial charge in [-0.05, 0) is 48.2 Å². The first-order valence-corrected chi connectivity index (χ1v) is 6.78. The molecule has 0 radical (unpaired) electrons. The molecule has 0 aliphatic rings. The first-order chi connectivity index (χ1) is 8.27. The van der Waals surface area contributed by atoms with E-state index in [-0.39, 0.29) is 6.04 Å². The third-order valence-corrected chi connectivity index (χ3v) is 3.83. The minimum atomic E-state index is 0.151. The molecule has 2 aromatic rings. The summed E-state index contributed by atoms with van der Waals surface area (Å²) in [5.74, 6) is 1.07. The summed E-state index contributed by atoms with van der Waals surface area (Å²) in [4.78, 5) is 4.47. The standard InChI is InChI=1S/C13H16IN3/c1-3-17-9-8-16-13(17)12(15-2)10-6-4-5-7-11(10)14/h4-9,12,15H,3H2,1-2H3. The average molecular weight is 341 g/mol. The summed E-state index contributed by atoms with van der Waals surface area (Å²) in [5.41, 5.74) is 1.27. The van der Waals surface area contributed by atoms with Crippen molar-refractivity contribution in [1.29, 1.82) is 0 Å². The molecule has 1 aromatic carbocycles. The predicted molar refractivity (Wildman–Crippen MR) is 78.0 cm³/mol. The average Bonchev–Trinajstić information content (AvgIpc) is 2.81. The van der Waals surface area contributed by atoms with Crippen molar-refractivity contribution in [3.05, 3.63) is 51.6 Å². The maximum Gasteiger partial charge on any atom is 0.130 e. The van der Waals surface area contributed by atoms with E-state index in [9.17, 15) is 0 Å². The zero-order chi connectivity index (χ0) is 12.3. The summed E-state index contributed by atoms with van der Waals surface area (Å²) in [5, 5.41) is 3.35. The number of hydrogen-bond acceptors (Lipinski definition) is 2. The monoisotopic (exact) mass is 341 g/mol. The van der Waals surface area contributed by atoms with Crippen LogP contribution >= 0.6 is 22.6 Å². The third kappa shape index (κ3) is 2.52. The zero-order valence-electron chi connectivity index (χ0n) is 10.0. The van der Waals surface area contributed by atoms with Gasteiger partial charge in [0.15, 0.2) is 0 Å². The van der Waals surface area contributed by atoms with Crippen LogP contribution in [0.5, 0.6) is 0 Å². The highest BCUT2D eigenvalue weighted by Crippen LogP contribution is 2.24. The highest BCUT2D eigenvalue weighted by Gasteiger charge is 2.18. The third-order valence-electron chi connectivity index (χ3n) is 2.85. The van der Waals surface area contributed by atoms with Crippen LogP contribution in [0.15, 0.2) is 36.7 Å². The van der Waals surface area contributed by atoms with Gasteiger partial charge >= 0.3 is 0 Å². The lowest BCUT2D eigenvalue weighted by molar-refractivity contribution is 0.588. The summed E-state index contributed by atoms with van der Waals surface area (Å²) < 4.78 is 3.43. The Bertz CT molecular complexity index is 493. The van der Waals surface area contributed by atoms with Crippen LogP contribution in [0.4, 0.5) is 0 Å². The molecule has 17 heavy (non-hydrogen) atoms. The van der Waals surface area contributed by atoms with Gasteiger partial charge in [-0.1, -0.05) is 18.2 Å². The first kappa shape index (κ1) is 12.6. The Morgan fingerprint density at radius 3 is 2.82 bits per heavy atom. The van der Waals surface area contributed by atoms with Crippen LogP contribution in [0.2, 0.25) is 0 Å². The number of nitrogens with zero attached hydrogens (tertiary/aromatic N) is 2. The SMILES string of the molecule is CCn1ccnc1C(NC)c1ccccc1I. The van der Waals surface area contributed by atoms with Gasteiger partial charge < -0.3 is 9.88 Å². The van der Waals surface area contributed by atoms with Crippen molar-refractivity contribution in [2.24, 2.45) is 0 Å². The fourth-order valence-corrected chi connectivity index (χ4v) is 2.68. The number of halogens is 1. The largest absolute Gasteiger partial charge is 0.334 e. The fourth-order valence-electron chi connectivity index (χ4n) is 1.98. The number of benzene rings is 1. The molecule has 1 unspecified atom stereocenters. The number of aromatic nitrogens is 2. The molecule has 4 heteroatoms. The number of rotatable bonds is 4. The molecule has 1 aromatic heterocycles. The molecule has 90 valence electrons. The number of hydrogen-bond donors (Lipinski definition) is 1. The Hall–Kier alpha value is -0.880. The Kier molecular flexibility index (Phi) is 4.17. The van der Waals surface area contributed by atoms with Crippen LogP contribution < -0.4 is 5.32 Å². The van der Waals surface area contributed by atoms with E-state index >= 15 is 0 Å². The molecule has 1 heterocycles. The van der Waals surface area contributed by atoms with E-state index in [4.69, 9.17) is 0 Å². The van der Waals surface area contributed by atoms with Gasteiger partial charge in [-0.15, -0.1) is 0 Å². The molecule has 1 N–H and O–H groups in total. The summed E-state index contributed by atoms with van der Waals surface area (Å²) in [6.45, 7) is 3.07. The van der Waals surface area contributed by atoms with Crippen LogP contribution in [0.1, 0.15) is 24.4 Å². The lowest BCUT2D eigenvalue weighted by atomic mass is 10.1. The van der Waals surface area contributed by atoms with E-state index in [1.807, 2.05) is 19.4 Å². The van der Waals surface area contributed by atoms with Gasteiger partial charge in [0.1, 0.15) is 5.82 Å². The summed E-state index contributed by atoms with van der Waals surface area (Å²) in [7, 11) is 1.97. The van der Waals surface area contributed by atoms with Crippen LogP contribution in [-0.2, 0) is 6.54 Å². The molecule has 2 rings (SSSR count). The molecule has 0 saturated heterocycles. The lowest BCUT2D eigenvalue weighted by Crippen LogP contribution is -2.22. The second kappa shape index (κ2) is 5.64. The molecule has 0 aliphatic carbocycles. The van der Waals surface area contributed by atoms with Gasteiger partial charge in [0.2, 0.25) is 0 Å². The smallest absolute Gasteiger partial charge is 0.130 e.